The largest absolute Gasteiger partial charge is 0.355 e. The summed E-state index contributed by atoms with van der Waals surface area (Å²) in [6.45, 7) is 5.95. The van der Waals surface area contributed by atoms with Crippen LogP contribution in [-0.2, 0) is 11.3 Å². The van der Waals surface area contributed by atoms with Gasteiger partial charge in [-0.2, -0.15) is 0 Å². The van der Waals surface area contributed by atoms with Crippen LogP contribution in [0, 0.1) is 0 Å². The van der Waals surface area contributed by atoms with E-state index in [0.29, 0.717) is 11.7 Å². The number of aromatic nitrogens is 3. The van der Waals surface area contributed by atoms with Crippen molar-refractivity contribution < 1.29 is 4.79 Å². The lowest BCUT2D eigenvalue weighted by Crippen LogP contribution is -2.26. The molecule has 21 heavy (non-hydrogen) atoms. The van der Waals surface area contributed by atoms with Gasteiger partial charge in [-0.15, -0.1) is 10.2 Å². The summed E-state index contributed by atoms with van der Waals surface area (Å²) in [4.78, 5) is 11.8. The summed E-state index contributed by atoms with van der Waals surface area (Å²) in [7, 11) is 0. The Labute approximate surface area is 131 Å². The van der Waals surface area contributed by atoms with Crippen LogP contribution < -0.4 is 5.32 Å². The fourth-order valence-electron chi connectivity index (χ4n) is 2.31. The van der Waals surface area contributed by atoms with Crippen LogP contribution in [0.1, 0.15) is 64.1 Å². The number of hydrogen-bond acceptors (Lipinski definition) is 4. The van der Waals surface area contributed by atoms with Gasteiger partial charge in [0.25, 0.3) is 0 Å². The van der Waals surface area contributed by atoms with Crippen LogP contribution >= 0.6 is 11.8 Å². The zero-order valence-corrected chi connectivity index (χ0v) is 13.9. The number of thioether (sulfide) groups is 1. The van der Waals surface area contributed by atoms with Crippen LogP contribution in [0.15, 0.2) is 5.16 Å². The smallest absolute Gasteiger partial charge is 0.230 e. The molecular weight excluding hydrogens is 284 g/mol. The Morgan fingerprint density at radius 3 is 2.76 bits per heavy atom. The second kappa shape index (κ2) is 8.41. The molecule has 0 unspecified atom stereocenters. The lowest BCUT2D eigenvalue weighted by molar-refractivity contribution is -0.118. The quantitative estimate of drug-likeness (QED) is 0.533. The number of unbranched alkanes of at least 4 members (excludes halogenated alkanes) is 3. The molecule has 1 saturated carbocycles. The molecule has 1 fully saturated rings. The van der Waals surface area contributed by atoms with Gasteiger partial charge in [0.05, 0.1) is 5.75 Å². The van der Waals surface area contributed by atoms with E-state index in [1.165, 1.54) is 43.9 Å². The van der Waals surface area contributed by atoms with Crippen LogP contribution in [0.2, 0.25) is 0 Å². The number of amides is 1. The molecule has 1 aromatic heterocycles. The molecule has 0 aromatic carbocycles. The molecule has 1 aliphatic carbocycles. The van der Waals surface area contributed by atoms with Crippen LogP contribution in [0.3, 0.4) is 0 Å². The second-order valence-corrected chi connectivity index (χ2v) is 6.50. The van der Waals surface area contributed by atoms with E-state index in [1.54, 1.807) is 0 Å². The molecule has 118 valence electrons. The molecule has 0 atom stereocenters. The predicted octanol–water partition coefficient (Wildman–Crippen LogP) is 2.96. The number of nitrogens with zero attached hydrogens (tertiary/aromatic N) is 3. The van der Waals surface area contributed by atoms with Crippen molar-refractivity contribution in [1.82, 2.24) is 20.1 Å². The first-order chi connectivity index (χ1) is 10.3. The fourth-order valence-corrected chi connectivity index (χ4v) is 3.15. The topological polar surface area (TPSA) is 59.8 Å². The van der Waals surface area contributed by atoms with Crippen LogP contribution in [-0.4, -0.2) is 33.0 Å². The molecule has 0 aliphatic heterocycles. The van der Waals surface area contributed by atoms with Crippen molar-refractivity contribution in [1.29, 1.82) is 0 Å². The number of rotatable bonds is 10. The number of nitrogens with one attached hydrogen (secondary N) is 1. The Morgan fingerprint density at radius 1 is 1.29 bits per heavy atom. The first-order valence-corrected chi connectivity index (χ1v) is 9.07. The molecule has 2 rings (SSSR count). The van der Waals surface area contributed by atoms with Crippen molar-refractivity contribution in [2.24, 2.45) is 0 Å². The van der Waals surface area contributed by atoms with Crippen molar-refractivity contribution in [3.8, 4) is 0 Å². The summed E-state index contributed by atoms with van der Waals surface area (Å²) in [5, 5.41) is 12.4. The van der Waals surface area contributed by atoms with Crippen molar-refractivity contribution in [2.45, 2.75) is 70.0 Å². The van der Waals surface area contributed by atoms with Gasteiger partial charge in [-0.25, -0.2) is 0 Å². The maximum Gasteiger partial charge on any atom is 0.230 e. The normalized spacial score (nSPS) is 14.4. The van der Waals surface area contributed by atoms with Gasteiger partial charge in [-0.3, -0.25) is 4.79 Å². The molecule has 0 radical (unpaired) electrons. The molecule has 0 saturated heterocycles. The van der Waals surface area contributed by atoms with Gasteiger partial charge in [0.15, 0.2) is 5.16 Å². The SMILES string of the molecule is CCCCCCNC(=O)CSc1nnc(C2CC2)n1CC. The monoisotopic (exact) mass is 310 g/mol. The van der Waals surface area contributed by atoms with E-state index in [4.69, 9.17) is 0 Å². The number of carbonyl (C=O) groups excluding carboxylic acids is 1. The van der Waals surface area contributed by atoms with E-state index in [0.717, 1.165) is 30.5 Å². The molecule has 5 nitrogen and oxygen atoms in total. The van der Waals surface area contributed by atoms with Crippen molar-refractivity contribution in [3.05, 3.63) is 5.82 Å². The van der Waals surface area contributed by atoms with Crippen molar-refractivity contribution in [3.63, 3.8) is 0 Å². The van der Waals surface area contributed by atoms with Crippen LogP contribution in [0.4, 0.5) is 0 Å². The minimum Gasteiger partial charge on any atom is -0.355 e. The Kier molecular flexibility index (Phi) is 6.54. The number of carbonyl (C=O) groups is 1. The Morgan fingerprint density at radius 2 is 2.10 bits per heavy atom. The summed E-state index contributed by atoms with van der Waals surface area (Å²) in [6, 6.07) is 0. The van der Waals surface area contributed by atoms with Crippen LogP contribution in [0.5, 0.6) is 0 Å². The molecule has 1 aromatic rings. The Balaban J connectivity index is 1.71. The maximum atomic E-state index is 11.8. The van der Waals surface area contributed by atoms with Gasteiger partial charge >= 0.3 is 0 Å². The molecule has 0 spiro atoms. The van der Waals surface area contributed by atoms with E-state index in [9.17, 15) is 4.79 Å². The highest BCUT2D eigenvalue weighted by Crippen LogP contribution is 2.39. The van der Waals surface area contributed by atoms with Crippen LogP contribution in [0.25, 0.3) is 0 Å². The zero-order chi connectivity index (χ0) is 15.1. The molecule has 0 bridgehead atoms. The lowest BCUT2D eigenvalue weighted by atomic mass is 10.2. The Hall–Kier alpha value is -1.04. The zero-order valence-electron chi connectivity index (χ0n) is 13.1. The highest BCUT2D eigenvalue weighted by molar-refractivity contribution is 7.99. The summed E-state index contributed by atoms with van der Waals surface area (Å²) in [5.41, 5.74) is 0. The second-order valence-electron chi connectivity index (χ2n) is 5.56. The average molecular weight is 310 g/mol. The van der Waals surface area contributed by atoms with Gasteiger partial charge in [-0.05, 0) is 26.2 Å². The van der Waals surface area contributed by atoms with Gasteiger partial charge in [-0.1, -0.05) is 37.9 Å². The highest BCUT2D eigenvalue weighted by Gasteiger charge is 2.30. The summed E-state index contributed by atoms with van der Waals surface area (Å²) in [6.07, 6.45) is 7.18. The molecule has 6 heteroatoms. The van der Waals surface area contributed by atoms with E-state index in [-0.39, 0.29) is 5.91 Å². The summed E-state index contributed by atoms with van der Waals surface area (Å²) < 4.78 is 2.15. The van der Waals surface area contributed by atoms with E-state index in [1.807, 2.05) is 0 Å². The first kappa shape index (κ1) is 16.3. The van der Waals surface area contributed by atoms with E-state index < -0.39 is 0 Å². The molecule has 1 amide bonds. The Bertz CT molecular complexity index is 457. The third-order valence-corrected chi connectivity index (χ3v) is 4.66. The highest BCUT2D eigenvalue weighted by atomic mass is 32.2. The van der Waals surface area contributed by atoms with Crippen molar-refractivity contribution in [2.75, 3.05) is 12.3 Å². The first-order valence-electron chi connectivity index (χ1n) is 8.08. The molecule has 1 aliphatic rings. The fraction of sp³-hybridized carbons (Fsp3) is 0.800. The predicted molar refractivity (Wildman–Crippen MR) is 85.5 cm³/mol. The third-order valence-electron chi connectivity index (χ3n) is 3.69. The third kappa shape index (κ3) is 5.02. The molecular formula is C15H26N4OS. The van der Waals surface area contributed by atoms with Gasteiger partial charge < -0.3 is 9.88 Å². The lowest BCUT2D eigenvalue weighted by Gasteiger charge is -2.07. The van der Waals surface area contributed by atoms with Crippen molar-refractivity contribution >= 4 is 17.7 Å². The van der Waals surface area contributed by atoms with Gasteiger partial charge in [0.1, 0.15) is 5.82 Å². The number of hydrogen-bond donors (Lipinski definition) is 1. The maximum absolute atomic E-state index is 11.8. The average Bonchev–Trinajstić information content (AvgIpc) is 3.25. The van der Waals surface area contributed by atoms with E-state index >= 15 is 0 Å². The standard InChI is InChI=1S/C15H26N4OS/c1-3-5-6-7-10-16-13(20)11-21-15-18-17-14(12-8-9-12)19(15)4-2/h12H,3-11H2,1-2H3,(H,16,20). The van der Waals surface area contributed by atoms with Gasteiger partial charge in [0, 0.05) is 19.0 Å². The van der Waals surface area contributed by atoms with Gasteiger partial charge in [0.2, 0.25) is 5.91 Å². The summed E-state index contributed by atoms with van der Waals surface area (Å²) in [5.74, 6) is 2.21. The summed E-state index contributed by atoms with van der Waals surface area (Å²) >= 11 is 1.49. The molecule has 1 heterocycles. The minimum atomic E-state index is 0.0927. The van der Waals surface area contributed by atoms with E-state index in [2.05, 4.69) is 33.9 Å². The minimum absolute atomic E-state index is 0.0927. The molecule has 1 N–H and O–H groups in total.